The molecule has 0 aliphatic heterocycles. The van der Waals surface area contributed by atoms with E-state index >= 15 is 0 Å². The van der Waals surface area contributed by atoms with Gasteiger partial charge in [-0.1, -0.05) is 36.4 Å². The minimum absolute atomic E-state index is 0.0835. The third-order valence-corrected chi connectivity index (χ3v) is 3.43. The summed E-state index contributed by atoms with van der Waals surface area (Å²) < 4.78 is 0. The van der Waals surface area contributed by atoms with E-state index in [1.807, 2.05) is 30.3 Å². The highest BCUT2D eigenvalue weighted by Gasteiger charge is 2.23. The SMILES string of the molecule is CC(=O)Nc1cccc(C(=O)NCC(C)(O)c2ccccc2)c1. The molecule has 2 rings (SSSR count). The molecule has 5 nitrogen and oxygen atoms in total. The first-order valence-corrected chi connectivity index (χ1v) is 7.32. The van der Waals surface area contributed by atoms with E-state index in [2.05, 4.69) is 10.6 Å². The summed E-state index contributed by atoms with van der Waals surface area (Å²) in [5, 5.41) is 15.8. The third-order valence-electron chi connectivity index (χ3n) is 3.43. The van der Waals surface area contributed by atoms with Gasteiger partial charge >= 0.3 is 0 Å². The van der Waals surface area contributed by atoms with Crippen LogP contribution in [0.3, 0.4) is 0 Å². The van der Waals surface area contributed by atoms with Gasteiger partial charge < -0.3 is 15.7 Å². The van der Waals surface area contributed by atoms with Crippen molar-refractivity contribution in [2.75, 3.05) is 11.9 Å². The molecule has 0 bridgehead atoms. The zero-order chi connectivity index (χ0) is 16.9. The molecule has 2 amide bonds. The standard InChI is InChI=1S/C18H20N2O3/c1-13(21)20-16-10-6-7-14(11-16)17(22)19-12-18(2,23)15-8-4-3-5-9-15/h3-11,23H,12H2,1-2H3,(H,19,22)(H,20,21). The third kappa shape index (κ3) is 4.66. The van der Waals surface area contributed by atoms with Crippen molar-refractivity contribution in [2.24, 2.45) is 0 Å². The monoisotopic (exact) mass is 312 g/mol. The van der Waals surface area contributed by atoms with Crippen molar-refractivity contribution in [3.8, 4) is 0 Å². The Labute approximate surface area is 135 Å². The lowest BCUT2D eigenvalue weighted by molar-refractivity contribution is -0.114. The van der Waals surface area contributed by atoms with Gasteiger partial charge in [0.1, 0.15) is 5.60 Å². The molecule has 2 aromatic carbocycles. The molecule has 120 valence electrons. The average molecular weight is 312 g/mol. The van der Waals surface area contributed by atoms with Crippen LogP contribution in [0.2, 0.25) is 0 Å². The summed E-state index contributed by atoms with van der Waals surface area (Å²) in [6, 6.07) is 15.8. The van der Waals surface area contributed by atoms with Gasteiger partial charge in [0.15, 0.2) is 0 Å². The van der Waals surface area contributed by atoms with E-state index in [-0.39, 0.29) is 18.4 Å². The molecular weight excluding hydrogens is 292 g/mol. The Kier molecular flexibility index (Phi) is 5.13. The molecule has 1 unspecified atom stereocenters. The van der Waals surface area contributed by atoms with E-state index in [0.29, 0.717) is 11.3 Å². The molecule has 1 atom stereocenters. The number of rotatable bonds is 5. The molecular formula is C18H20N2O3. The maximum atomic E-state index is 12.2. The van der Waals surface area contributed by atoms with Gasteiger partial charge in [0.2, 0.25) is 5.91 Å². The fourth-order valence-corrected chi connectivity index (χ4v) is 2.20. The topological polar surface area (TPSA) is 78.4 Å². The largest absolute Gasteiger partial charge is 0.384 e. The highest BCUT2D eigenvalue weighted by Crippen LogP contribution is 2.19. The van der Waals surface area contributed by atoms with E-state index < -0.39 is 5.60 Å². The molecule has 3 N–H and O–H groups in total. The van der Waals surface area contributed by atoms with Gasteiger partial charge in [-0.15, -0.1) is 0 Å². The minimum Gasteiger partial charge on any atom is -0.384 e. The molecule has 0 saturated carbocycles. The van der Waals surface area contributed by atoms with Gasteiger partial charge in [0.05, 0.1) is 6.54 Å². The Morgan fingerprint density at radius 3 is 2.43 bits per heavy atom. The lowest BCUT2D eigenvalue weighted by Crippen LogP contribution is -2.38. The molecule has 2 aromatic rings. The van der Waals surface area contributed by atoms with Gasteiger partial charge in [-0.25, -0.2) is 0 Å². The normalized spacial score (nSPS) is 13.0. The first-order chi connectivity index (χ1) is 10.9. The van der Waals surface area contributed by atoms with Crippen LogP contribution < -0.4 is 10.6 Å². The van der Waals surface area contributed by atoms with Crippen molar-refractivity contribution in [3.63, 3.8) is 0 Å². The fourth-order valence-electron chi connectivity index (χ4n) is 2.20. The Hall–Kier alpha value is -2.66. The van der Waals surface area contributed by atoms with Crippen LogP contribution in [-0.4, -0.2) is 23.5 Å². The zero-order valence-corrected chi connectivity index (χ0v) is 13.2. The molecule has 5 heteroatoms. The predicted molar refractivity (Wildman–Crippen MR) is 89.1 cm³/mol. The minimum atomic E-state index is -1.16. The van der Waals surface area contributed by atoms with Crippen molar-refractivity contribution in [1.29, 1.82) is 0 Å². The van der Waals surface area contributed by atoms with Crippen LogP contribution in [0.4, 0.5) is 5.69 Å². The lowest BCUT2D eigenvalue weighted by atomic mass is 9.96. The van der Waals surface area contributed by atoms with Crippen molar-refractivity contribution < 1.29 is 14.7 Å². The van der Waals surface area contributed by atoms with Crippen LogP contribution in [0.5, 0.6) is 0 Å². The first-order valence-electron chi connectivity index (χ1n) is 7.32. The molecule has 0 aromatic heterocycles. The van der Waals surface area contributed by atoms with E-state index in [1.54, 1.807) is 31.2 Å². The lowest BCUT2D eigenvalue weighted by Gasteiger charge is -2.24. The highest BCUT2D eigenvalue weighted by atomic mass is 16.3. The summed E-state index contributed by atoms with van der Waals surface area (Å²) in [6.07, 6.45) is 0. The number of benzene rings is 2. The number of aliphatic hydroxyl groups is 1. The number of carbonyl (C=O) groups is 2. The van der Waals surface area contributed by atoms with Crippen LogP contribution >= 0.6 is 0 Å². The van der Waals surface area contributed by atoms with Crippen LogP contribution in [0.1, 0.15) is 29.8 Å². The summed E-state index contributed by atoms with van der Waals surface area (Å²) >= 11 is 0. The molecule has 0 aliphatic rings. The van der Waals surface area contributed by atoms with Gasteiger partial charge in [-0.3, -0.25) is 9.59 Å². The molecule has 0 aliphatic carbocycles. The number of amides is 2. The van der Waals surface area contributed by atoms with Crippen molar-refractivity contribution in [1.82, 2.24) is 5.32 Å². The van der Waals surface area contributed by atoms with Gasteiger partial charge in [-0.2, -0.15) is 0 Å². The first kappa shape index (κ1) is 16.7. The molecule has 0 fully saturated rings. The molecule has 0 radical (unpaired) electrons. The van der Waals surface area contributed by atoms with Crippen LogP contribution in [0, 0.1) is 0 Å². The molecule has 0 saturated heterocycles. The second-order valence-corrected chi connectivity index (χ2v) is 5.58. The Bertz CT molecular complexity index is 696. The molecule has 0 spiro atoms. The van der Waals surface area contributed by atoms with Gasteiger partial charge in [0, 0.05) is 18.2 Å². The summed E-state index contributed by atoms with van der Waals surface area (Å²) in [7, 11) is 0. The number of anilines is 1. The second kappa shape index (κ2) is 7.07. The van der Waals surface area contributed by atoms with E-state index in [1.165, 1.54) is 6.92 Å². The maximum absolute atomic E-state index is 12.2. The molecule has 23 heavy (non-hydrogen) atoms. The van der Waals surface area contributed by atoms with Crippen molar-refractivity contribution in [3.05, 3.63) is 65.7 Å². The van der Waals surface area contributed by atoms with Crippen molar-refractivity contribution >= 4 is 17.5 Å². The van der Waals surface area contributed by atoms with Crippen molar-refractivity contribution in [2.45, 2.75) is 19.4 Å². The second-order valence-electron chi connectivity index (χ2n) is 5.58. The Morgan fingerprint density at radius 1 is 1.09 bits per heavy atom. The Balaban J connectivity index is 2.03. The quantitative estimate of drug-likeness (QED) is 0.792. The van der Waals surface area contributed by atoms with Crippen LogP contribution in [0.15, 0.2) is 54.6 Å². The summed E-state index contributed by atoms with van der Waals surface area (Å²) in [6.45, 7) is 3.14. The predicted octanol–water partition coefficient (Wildman–Crippen LogP) is 2.28. The van der Waals surface area contributed by atoms with Crippen LogP contribution in [0.25, 0.3) is 0 Å². The molecule has 0 heterocycles. The summed E-state index contributed by atoms with van der Waals surface area (Å²) in [5.41, 5.74) is 0.541. The van der Waals surface area contributed by atoms with E-state index in [9.17, 15) is 14.7 Å². The summed E-state index contributed by atoms with van der Waals surface area (Å²) in [4.78, 5) is 23.3. The van der Waals surface area contributed by atoms with E-state index in [4.69, 9.17) is 0 Å². The number of nitrogens with one attached hydrogen (secondary N) is 2. The van der Waals surface area contributed by atoms with Crippen LogP contribution in [-0.2, 0) is 10.4 Å². The highest BCUT2D eigenvalue weighted by molar-refractivity contribution is 5.96. The van der Waals surface area contributed by atoms with Gasteiger partial charge in [-0.05, 0) is 30.7 Å². The number of hydrogen-bond donors (Lipinski definition) is 3. The Morgan fingerprint density at radius 2 is 1.78 bits per heavy atom. The smallest absolute Gasteiger partial charge is 0.251 e. The number of hydrogen-bond acceptors (Lipinski definition) is 3. The fraction of sp³-hybridized carbons (Fsp3) is 0.222. The van der Waals surface area contributed by atoms with Gasteiger partial charge in [0.25, 0.3) is 5.91 Å². The zero-order valence-electron chi connectivity index (χ0n) is 13.2. The maximum Gasteiger partial charge on any atom is 0.251 e. The average Bonchev–Trinajstić information content (AvgIpc) is 2.53. The van der Waals surface area contributed by atoms with E-state index in [0.717, 1.165) is 5.56 Å². The summed E-state index contributed by atoms with van der Waals surface area (Å²) in [5.74, 6) is -0.511. The number of carbonyl (C=O) groups excluding carboxylic acids is 2.